The molecule has 0 unspecified atom stereocenters. The summed E-state index contributed by atoms with van der Waals surface area (Å²) in [6, 6.07) is 5.43. The summed E-state index contributed by atoms with van der Waals surface area (Å²) in [6.07, 6.45) is 3.35. The second-order valence-corrected chi connectivity index (χ2v) is 5.20. The van der Waals surface area contributed by atoms with Gasteiger partial charge in [0, 0.05) is 42.4 Å². The summed E-state index contributed by atoms with van der Waals surface area (Å²) in [6.45, 7) is 0.514. The highest BCUT2D eigenvalue weighted by molar-refractivity contribution is 7.09. The first-order valence-electron chi connectivity index (χ1n) is 6.33. The molecule has 0 bridgehead atoms. The van der Waals surface area contributed by atoms with Crippen molar-refractivity contribution in [3.63, 3.8) is 0 Å². The number of non-ortho nitro benzene ring substituents is 1. The van der Waals surface area contributed by atoms with E-state index in [1.165, 1.54) is 18.2 Å². The molecule has 1 heterocycles. The maximum atomic E-state index is 11.6. The van der Waals surface area contributed by atoms with Crippen LogP contribution in [0.3, 0.4) is 0 Å². The number of hydrogen-bond acceptors (Lipinski definition) is 5. The molecule has 21 heavy (non-hydrogen) atoms. The van der Waals surface area contributed by atoms with E-state index < -0.39 is 4.92 Å². The van der Waals surface area contributed by atoms with Gasteiger partial charge >= 0.3 is 6.03 Å². The molecule has 0 saturated carbocycles. The predicted octanol–water partition coefficient (Wildman–Crippen LogP) is 2.81. The van der Waals surface area contributed by atoms with Gasteiger partial charge in [-0.1, -0.05) is 6.07 Å². The Bertz CT molecular complexity index is 616. The third-order valence-electron chi connectivity index (χ3n) is 2.65. The fraction of sp³-hybridized carbons (Fsp3) is 0.231. The summed E-state index contributed by atoms with van der Waals surface area (Å²) in [5, 5.41) is 18.8. The molecule has 0 radical (unpaired) electrons. The normalized spacial score (nSPS) is 10.1. The quantitative estimate of drug-likeness (QED) is 0.487. The van der Waals surface area contributed by atoms with Gasteiger partial charge in [0.25, 0.3) is 5.69 Å². The lowest BCUT2D eigenvalue weighted by atomic mass is 10.3. The molecule has 2 amide bonds. The Hall–Kier alpha value is -2.48. The predicted molar refractivity (Wildman–Crippen MR) is 80.6 cm³/mol. The van der Waals surface area contributed by atoms with Crippen molar-refractivity contribution >= 4 is 28.7 Å². The van der Waals surface area contributed by atoms with Crippen molar-refractivity contribution in [2.45, 2.75) is 12.8 Å². The standard InChI is InChI=1S/C13H14N4O3S/c18-13(15-6-2-5-12-14-7-8-21-12)16-10-3-1-4-11(9-10)17(19)20/h1,3-4,7-9H,2,5-6H2,(H2,15,16,18). The van der Waals surface area contributed by atoms with Crippen molar-refractivity contribution in [1.82, 2.24) is 10.3 Å². The lowest BCUT2D eigenvalue weighted by Gasteiger charge is -2.07. The molecule has 0 spiro atoms. The highest BCUT2D eigenvalue weighted by Crippen LogP contribution is 2.16. The third-order valence-corrected chi connectivity index (χ3v) is 3.49. The van der Waals surface area contributed by atoms with Gasteiger partial charge in [0.05, 0.1) is 9.93 Å². The van der Waals surface area contributed by atoms with E-state index in [1.807, 2.05) is 5.38 Å². The van der Waals surface area contributed by atoms with Crippen LogP contribution < -0.4 is 10.6 Å². The Morgan fingerprint density at radius 3 is 3.00 bits per heavy atom. The monoisotopic (exact) mass is 306 g/mol. The Morgan fingerprint density at radius 1 is 1.43 bits per heavy atom. The molecule has 2 rings (SSSR count). The van der Waals surface area contributed by atoms with Gasteiger partial charge in [-0.05, 0) is 12.5 Å². The van der Waals surface area contributed by atoms with Crippen LogP contribution in [0.2, 0.25) is 0 Å². The van der Waals surface area contributed by atoms with E-state index >= 15 is 0 Å². The first-order chi connectivity index (χ1) is 10.1. The number of aryl methyl sites for hydroxylation is 1. The third kappa shape index (κ3) is 4.84. The number of carbonyl (C=O) groups excluding carboxylic acids is 1. The molecule has 0 aliphatic rings. The van der Waals surface area contributed by atoms with Crippen LogP contribution in [0.25, 0.3) is 0 Å². The number of nitro groups is 1. The minimum atomic E-state index is -0.503. The molecule has 1 aromatic carbocycles. The SMILES string of the molecule is O=C(NCCCc1nccs1)Nc1cccc([N+](=O)[O-])c1. The Balaban J connectivity index is 1.74. The zero-order valence-electron chi connectivity index (χ0n) is 11.1. The van der Waals surface area contributed by atoms with Gasteiger partial charge in [-0.15, -0.1) is 11.3 Å². The van der Waals surface area contributed by atoms with Crippen molar-refractivity contribution < 1.29 is 9.72 Å². The highest BCUT2D eigenvalue weighted by Gasteiger charge is 2.07. The maximum Gasteiger partial charge on any atom is 0.319 e. The lowest BCUT2D eigenvalue weighted by molar-refractivity contribution is -0.384. The minimum Gasteiger partial charge on any atom is -0.338 e. The molecular formula is C13H14N4O3S. The summed E-state index contributed by atoms with van der Waals surface area (Å²) in [7, 11) is 0. The Kier molecular flexibility index (Phi) is 5.22. The number of urea groups is 1. The van der Waals surface area contributed by atoms with Crippen LogP contribution in [-0.2, 0) is 6.42 Å². The molecule has 2 N–H and O–H groups in total. The van der Waals surface area contributed by atoms with Crippen molar-refractivity contribution in [1.29, 1.82) is 0 Å². The van der Waals surface area contributed by atoms with E-state index in [0.717, 1.165) is 17.8 Å². The average Bonchev–Trinajstić information content (AvgIpc) is 2.97. The molecule has 0 aliphatic heterocycles. The second kappa shape index (κ2) is 7.34. The van der Waals surface area contributed by atoms with Gasteiger partial charge in [-0.2, -0.15) is 0 Å². The lowest BCUT2D eigenvalue weighted by Crippen LogP contribution is -2.29. The fourth-order valence-corrected chi connectivity index (χ4v) is 2.35. The molecule has 0 saturated heterocycles. The second-order valence-electron chi connectivity index (χ2n) is 4.22. The van der Waals surface area contributed by atoms with Crippen LogP contribution in [0.1, 0.15) is 11.4 Å². The van der Waals surface area contributed by atoms with Crippen LogP contribution in [0.4, 0.5) is 16.2 Å². The van der Waals surface area contributed by atoms with Crippen LogP contribution in [-0.4, -0.2) is 22.5 Å². The number of thiazole rings is 1. The van der Waals surface area contributed by atoms with Crippen molar-refractivity contribution in [2.24, 2.45) is 0 Å². The average molecular weight is 306 g/mol. The van der Waals surface area contributed by atoms with Crippen molar-refractivity contribution in [3.05, 3.63) is 51.0 Å². The molecule has 8 heteroatoms. The number of amides is 2. The van der Waals surface area contributed by atoms with Gasteiger partial charge in [0.2, 0.25) is 0 Å². The van der Waals surface area contributed by atoms with E-state index in [9.17, 15) is 14.9 Å². The van der Waals surface area contributed by atoms with Gasteiger partial charge in [-0.3, -0.25) is 10.1 Å². The summed E-state index contributed by atoms with van der Waals surface area (Å²) in [5.41, 5.74) is 0.332. The number of nitrogens with one attached hydrogen (secondary N) is 2. The topological polar surface area (TPSA) is 97.2 Å². The molecule has 110 valence electrons. The first-order valence-corrected chi connectivity index (χ1v) is 7.21. The summed E-state index contributed by atoms with van der Waals surface area (Å²) in [5.74, 6) is 0. The number of aromatic nitrogens is 1. The number of hydrogen-bond donors (Lipinski definition) is 2. The molecule has 1 aromatic heterocycles. The Morgan fingerprint density at radius 2 is 2.29 bits per heavy atom. The highest BCUT2D eigenvalue weighted by atomic mass is 32.1. The van der Waals surface area contributed by atoms with E-state index in [2.05, 4.69) is 15.6 Å². The Labute approximate surface area is 125 Å². The number of carbonyl (C=O) groups is 1. The van der Waals surface area contributed by atoms with E-state index in [1.54, 1.807) is 23.6 Å². The van der Waals surface area contributed by atoms with Crippen molar-refractivity contribution in [2.75, 3.05) is 11.9 Å². The van der Waals surface area contributed by atoms with E-state index in [0.29, 0.717) is 12.2 Å². The van der Waals surface area contributed by atoms with Crippen LogP contribution in [0, 0.1) is 10.1 Å². The van der Waals surface area contributed by atoms with Gasteiger partial charge in [-0.25, -0.2) is 9.78 Å². The number of nitrogens with zero attached hydrogens (tertiary/aromatic N) is 2. The number of rotatable bonds is 6. The molecule has 0 fully saturated rings. The zero-order chi connectivity index (χ0) is 15.1. The molecule has 0 aliphatic carbocycles. The van der Waals surface area contributed by atoms with Gasteiger partial charge in [0.1, 0.15) is 0 Å². The molecule has 7 nitrogen and oxygen atoms in total. The summed E-state index contributed by atoms with van der Waals surface area (Å²) < 4.78 is 0. The summed E-state index contributed by atoms with van der Waals surface area (Å²) >= 11 is 1.59. The fourth-order valence-electron chi connectivity index (χ4n) is 1.69. The summed E-state index contributed by atoms with van der Waals surface area (Å²) in [4.78, 5) is 25.9. The minimum absolute atomic E-state index is 0.0587. The van der Waals surface area contributed by atoms with E-state index in [-0.39, 0.29) is 11.7 Å². The molecular weight excluding hydrogens is 292 g/mol. The van der Waals surface area contributed by atoms with Crippen LogP contribution in [0.15, 0.2) is 35.8 Å². The first kappa shape index (κ1) is 14.9. The molecule has 0 atom stereocenters. The zero-order valence-corrected chi connectivity index (χ0v) is 11.9. The number of anilines is 1. The van der Waals surface area contributed by atoms with E-state index in [4.69, 9.17) is 0 Å². The van der Waals surface area contributed by atoms with Gasteiger partial charge in [0.15, 0.2) is 0 Å². The molecule has 2 aromatic rings. The van der Waals surface area contributed by atoms with Crippen LogP contribution in [0.5, 0.6) is 0 Å². The van der Waals surface area contributed by atoms with Crippen LogP contribution >= 0.6 is 11.3 Å². The largest absolute Gasteiger partial charge is 0.338 e. The van der Waals surface area contributed by atoms with Gasteiger partial charge < -0.3 is 10.6 Å². The number of benzene rings is 1. The van der Waals surface area contributed by atoms with Crippen molar-refractivity contribution in [3.8, 4) is 0 Å². The maximum absolute atomic E-state index is 11.6. The number of nitro benzene ring substituents is 1. The smallest absolute Gasteiger partial charge is 0.319 e.